The van der Waals surface area contributed by atoms with Gasteiger partial charge in [0, 0.05) is 30.8 Å². The molecule has 1 aliphatic heterocycles. The second-order valence-corrected chi connectivity index (χ2v) is 5.28. The summed E-state index contributed by atoms with van der Waals surface area (Å²) in [5, 5.41) is 0. The van der Waals surface area contributed by atoms with Crippen molar-refractivity contribution >= 4 is 11.5 Å². The second-order valence-electron chi connectivity index (χ2n) is 5.28. The van der Waals surface area contributed by atoms with E-state index in [9.17, 15) is 4.79 Å². The van der Waals surface area contributed by atoms with Crippen LogP contribution in [0.25, 0.3) is 0 Å². The molecule has 0 bridgehead atoms. The van der Waals surface area contributed by atoms with Crippen LogP contribution in [0.4, 0.5) is 5.69 Å². The summed E-state index contributed by atoms with van der Waals surface area (Å²) in [7, 11) is 0. The van der Waals surface area contributed by atoms with Gasteiger partial charge in [-0.05, 0) is 29.7 Å². The Morgan fingerprint density at radius 1 is 1.00 bits per heavy atom. The summed E-state index contributed by atoms with van der Waals surface area (Å²) >= 11 is 0. The summed E-state index contributed by atoms with van der Waals surface area (Å²) in [5.74, 6) is 0.262. The number of carbonyl (C=O) groups is 1. The molecule has 0 N–H and O–H groups in total. The normalized spacial score (nSPS) is 14.2. The molecule has 0 saturated heterocycles. The number of fused-ring (bicyclic) bond motifs is 1. The lowest BCUT2D eigenvalue weighted by atomic mass is 9.99. The fourth-order valence-electron chi connectivity index (χ4n) is 2.74. The van der Waals surface area contributed by atoms with Crippen LogP contribution < -0.4 is 4.90 Å². The number of rotatable bonds is 3. The minimum Gasteiger partial charge on any atom is -0.366 e. The minimum atomic E-state index is 0.262. The van der Waals surface area contributed by atoms with Crippen molar-refractivity contribution in [2.24, 2.45) is 0 Å². The summed E-state index contributed by atoms with van der Waals surface area (Å²) in [6.45, 7) is 3.85. The van der Waals surface area contributed by atoms with E-state index in [1.165, 1.54) is 11.1 Å². The van der Waals surface area contributed by atoms with E-state index in [0.717, 1.165) is 30.8 Å². The van der Waals surface area contributed by atoms with Crippen molar-refractivity contribution in [3.05, 3.63) is 65.2 Å². The summed E-state index contributed by atoms with van der Waals surface area (Å²) in [4.78, 5) is 14.2. The van der Waals surface area contributed by atoms with E-state index < -0.39 is 0 Å². The van der Waals surface area contributed by atoms with E-state index in [1.807, 2.05) is 24.3 Å². The largest absolute Gasteiger partial charge is 0.366 e. The molecule has 0 saturated carbocycles. The Kier molecular flexibility index (Phi) is 3.55. The van der Waals surface area contributed by atoms with E-state index in [-0.39, 0.29) is 5.78 Å². The summed E-state index contributed by atoms with van der Waals surface area (Å²) in [6.07, 6.45) is 1.69. The van der Waals surface area contributed by atoms with Gasteiger partial charge in [-0.3, -0.25) is 4.79 Å². The van der Waals surface area contributed by atoms with Crippen molar-refractivity contribution in [1.29, 1.82) is 0 Å². The zero-order chi connectivity index (χ0) is 13.9. The molecular formula is C18H19NO. The Hall–Kier alpha value is -2.09. The molecular weight excluding hydrogens is 246 g/mol. The number of para-hydroxylation sites is 1. The molecule has 2 aromatic carbocycles. The van der Waals surface area contributed by atoms with Gasteiger partial charge in [0.15, 0.2) is 5.78 Å². The Bertz CT molecular complexity index is 616. The number of anilines is 1. The zero-order valence-electron chi connectivity index (χ0n) is 11.8. The maximum atomic E-state index is 11.9. The van der Waals surface area contributed by atoms with E-state index in [1.54, 1.807) is 0 Å². The zero-order valence-corrected chi connectivity index (χ0v) is 11.8. The number of carbonyl (C=O) groups excluding carboxylic acids is 1. The van der Waals surface area contributed by atoms with Crippen LogP contribution in [-0.4, -0.2) is 12.3 Å². The first-order valence-corrected chi connectivity index (χ1v) is 7.23. The van der Waals surface area contributed by atoms with Crippen LogP contribution in [0.5, 0.6) is 0 Å². The first-order valence-electron chi connectivity index (χ1n) is 7.23. The van der Waals surface area contributed by atoms with Crippen LogP contribution in [0.3, 0.4) is 0 Å². The fourth-order valence-corrected chi connectivity index (χ4v) is 2.74. The molecule has 102 valence electrons. The average Bonchev–Trinajstić information content (AvgIpc) is 2.51. The van der Waals surface area contributed by atoms with Crippen LogP contribution in [0.1, 0.15) is 34.8 Å². The molecule has 2 nitrogen and oxygen atoms in total. The van der Waals surface area contributed by atoms with Crippen molar-refractivity contribution < 1.29 is 4.79 Å². The van der Waals surface area contributed by atoms with Gasteiger partial charge >= 0.3 is 0 Å². The SMILES string of the molecule is CCc1ccc(CN2CCC(=O)c3ccccc32)cc1. The molecule has 0 spiro atoms. The minimum absolute atomic E-state index is 0.262. The molecule has 2 aromatic rings. The highest BCUT2D eigenvalue weighted by molar-refractivity contribution is 6.03. The first kappa shape index (κ1) is 12.9. The van der Waals surface area contributed by atoms with Gasteiger partial charge in [0.1, 0.15) is 0 Å². The highest BCUT2D eigenvalue weighted by atomic mass is 16.1. The van der Waals surface area contributed by atoms with Gasteiger partial charge in [0.25, 0.3) is 0 Å². The Morgan fingerprint density at radius 2 is 1.70 bits per heavy atom. The van der Waals surface area contributed by atoms with Gasteiger partial charge in [-0.25, -0.2) is 0 Å². The third kappa shape index (κ3) is 2.46. The second kappa shape index (κ2) is 5.49. The van der Waals surface area contributed by atoms with Crippen LogP contribution >= 0.6 is 0 Å². The molecule has 0 atom stereocenters. The molecule has 0 fully saturated rings. The van der Waals surface area contributed by atoms with Crippen molar-refractivity contribution in [3.8, 4) is 0 Å². The van der Waals surface area contributed by atoms with Crippen LogP contribution in [0.15, 0.2) is 48.5 Å². The van der Waals surface area contributed by atoms with Crippen LogP contribution in [0, 0.1) is 0 Å². The summed E-state index contributed by atoms with van der Waals surface area (Å²) in [6, 6.07) is 16.7. The molecule has 0 unspecified atom stereocenters. The first-order chi connectivity index (χ1) is 9.78. The lowest BCUT2D eigenvalue weighted by Gasteiger charge is -2.30. The summed E-state index contributed by atoms with van der Waals surface area (Å²) in [5.41, 5.74) is 4.60. The molecule has 1 heterocycles. The van der Waals surface area contributed by atoms with E-state index >= 15 is 0 Å². The molecule has 0 aromatic heterocycles. The lowest BCUT2D eigenvalue weighted by molar-refractivity contribution is 0.0979. The Labute approximate surface area is 120 Å². The molecule has 2 heteroatoms. The topological polar surface area (TPSA) is 20.3 Å². The quantitative estimate of drug-likeness (QED) is 0.840. The predicted molar refractivity (Wildman–Crippen MR) is 82.3 cm³/mol. The lowest BCUT2D eigenvalue weighted by Crippen LogP contribution is -2.31. The maximum absolute atomic E-state index is 11.9. The van der Waals surface area contributed by atoms with Gasteiger partial charge in [-0.2, -0.15) is 0 Å². The standard InChI is InChI=1S/C18H19NO/c1-2-14-7-9-15(10-8-14)13-19-12-11-18(20)16-5-3-4-6-17(16)19/h3-10H,2,11-13H2,1H3. The summed E-state index contributed by atoms with van der Waals surface area (Å²) < 4.78 is 0. The highest BCUT2D eigenvalue weighted by Crippen LogP contribution is 2.28. The van der Waals surface area contributed by atoms with Crippen molar-refractivity contribution in [2.45, 2.75) is 26.3 Å². The molecule has 0 amide bonds. The molecule has 3 rings (SSSR count). The van der Waals surface area contributed by atoms with Crippen LogP contribution in [-0.2, 0) is 13.0 Å². The van der Waals surface area contributed by atoms with Gasteiger partial charge in [0.2, 0.25) is 0 Å². The van der Waals surface area contributed by atoms with Crippen molar-refractivity contribution in [2.75, 3.05) is 11.4 Å². The molecule has 0 radical (unpaired) electrons. The molecule has 20 heavy (non-hydrogen) atoms. The van der Waals surface area contributed by atoms with Gasteiger partial charge in [-0.15, -0.1) is 0 Å². The van der Waals surface area contributed by atoms with E-state index in [0.29, 0.717) is 6.42 Å². The number of nitrogens with zero attached hydrogens (tertiary/aromatic N) is 1. The van der Waals surface area contributed by atoms with Crippen molar-refractivity contribution in [3.63, 3.8) is 0 Å². The molecule has 0 aliphatic carbocycles. The highest BCUT2D eigenvalue weighted by Gasteiger charge is 2.22. The predicted octanol–water partition coefficient (Wildman–Crippen LogP) is 3.84. The number of ketones is 1. The maximum Gasteiger partial charge on any atom is 0.166 e. The monoisotopic (exact) mass is 265 g/mol. The Morgan fingerprint density at radius 3 is 2.45 bits per heavy atom. The Balaban J connectivity index is 1.84. The third-order valence-corrected chi connectivity index (χ3v) is 3.96. The van der Waals surface area contributed by atoms with E-state index in [2.05, 4.69) is 36.1 Å². The van der Waals surface area contributed by atoms with Gasteiger partial charge in [0.05, 0.1) is 0 Å². The number of hydrogen-bond acceptors (Lipinski definition) is 2. The molecule has 1 aliphatic rings. The average molecular weight is 265 g/mol. The smallest absolute Gasteiger partial charge is 0.166 e. The fraction of sp³-hybridized carbons (Fsp3) is 0.278. The number of aryl methyl sites for hydroxylation is 1. The van der Waals surface area contributed by atoms with Crippen molar-refractivity contribution in [1.82, 2.24) is 0 Å². The van der Waals surface area contributed by atoms with E-state index in [4.69, 9.17) is 0 Å². The van der Waals surface area contributed by atoms with Gasteiger partial charge < -0.3 is 4.90 Å². The number of Topliss-reactive ketones (excluding diaryl/α,β-unsaturated/α-hetero) is 1. The number of hydrogen-bond donors (Lipinski definition) is 0. The van der Waals surface area contributed by atoms with Crippen LogP contribution in [0.2, 0.25) is 0 Å². The third-order valence-electron chi connectivity index (χ3n) is 3.96. The number of benzene rings is 2. The van der Waals surface area contributed by atoms with Gasteiger partial charge in [-0.1, -0.05) is 43.3 Å².